The van der Waals surface area contributed by atoms with Crippen molar-refractivity contribution in [3.05, 3.63) is 145 Å². The normalized spacial score (nSPS) is 15.4. The molecule has 43 heavy (non-hydrogen) atoms. The fourth-order valence-corrected chi connectivity index (χ4v) is 6.18. The Balaban J connectivity index is 1.12. The van der Waals surface area contributed by atoms with Gasteiger partial charge >= 0.3 is 0 Å². The molecule has 4 heterocycles. The molecule has 1 unspecified atom stereocenters. The molecule has 0 radical (unpaired) electrons. The largest absolute Gasteiger partial charge is 0.255 e. The van der Waals surface area contributed by atoms with Gasteiger partial charge in [-0.25, -0.2) is 9.97 Å². The number of hydrogen-bond donors (Lipinski definition) is 0. The van der Waals surface area contributed by atoms with E-state index in [0.29, 0.717) is 0 Å². The van der Waals surface area contributed by atoms with Gasteiger partial charge in [0, 0.05) is 39.9 Å². The molecule has 3 aromatic heterocycles. The van der Waals surface area contributed by atoms with Crippen molar-refractivity contribution in [2.75, 3.05) is 0 Å². The van der Waals surface area contributed by atoms with Gasteiger partial charge in [-0.15, -0.1) is 0 Å². The van der Waals surface area contributed by atoms with E-state index in [4.69, 9.17) is 15.0 Å². The van der Waals surface area contributed by atoms with Crippen molar-refractivity contribution in [3.63, 3.8) is 0 Å². The Kier molecular flexibility index (Phi) is 6.30. The van der Waals surface area contributed by atoms with Crippen molar-refractivity contribution in [3.8, 4) is 45.0 Å². The SMILES string of the molecule is C1=CCCC2C(=Nc3c2c(-c2ccc(-c4ccc(-c5cccc(-c6ccccn6)n5)cc4)cc2)nc2ccccc32)C=C1. The van der Waals surface area contributed by atoms with Crippen molar-refractivity contribution < 1.29 is 0 Å². The zero-order valence-corrected chi connectivity index (χ0v) is 23.6. The topological polar surface area (TPSA) is 51.0 Å². The molecule has 3 aromatic carbocycles. The molecule has 204 valence electrons. The van der Waals surface area contributed by atoms with Crippen LogP contribution in [-0.2, 0) is 0 Å². The van der Waals surface area contributed by atoms with Crippen molar-refractivity contribution >= 4 is 22.3 Å². The van der Waals surface area contributed by atoms with Gasteiger partial charge in [0.1, 0.15) is 0 Å². The van der Waals surface area contributed by atoms with Gasteiger partial charge in [-0.3, -0.25) is 9.98 Å². The van der Waals surface area contributed by atoms with E-state index in [1.165, 1.54) is 11.1 Å². The summed E-state index contributed by atoms with van der Waals surface area (Å²) in [5.74, 6) is 0.250. The number of aromatic nitrogens is 3. The number of para-hydroxylation sites is 1. The van der Waals surface area contributed by atoms with Gasteiger partial charge in [0.2, 0.25) is 0 Å². The summed E-state index contributed by atoms with van der Waals surface area (Å²) >= 11 is 0. The molecule has 0 amide bonds. The molecule has 1 aliphatic carbocycles. The van der Waals surface area contributed by atoms with E-state index in [2.05, 4.69) is 102 Å². The average molecular weight is 553 g/mol. The van der Waals surface area contributed by atoms with E-state index in [1.807, 2.05) is 36.4 Å². The average Bonchev–Trinajstić information content (AvgIpc) is 3.42. The lowest BCUT2D eigenvalue weighted by atomic mass is 9.86. The monoisotopic (exact) mass is 552 g/mol. The number of benzene rings is 3. The van der Waals surface area contributed by atoms with Gasteiger partial charge in [0.25, 0.3) is 0 Å². The summed E-state index contributed by atoms with van der Waals surface area (Å²) in [6.45, 7) is 0. The quantitative estimate of drug-likeness (QED) is 0.219. The number of pyridine rings is 3. The summed E-state index contributed by atoms with van der Waals surface area (Å²) in [4.78, 5) is 19.7. The molecule has 2 aliphatic rings. The number of aliphatic imine (C=N–C) groups is 1. The molecule has 0 bridgehead atoms. The Morgan fingerprint density at radius 1 is 0.581 bits per heavy atom. The van der Waals surface area contributed by atoms with E-state index >= 15 is 0 Å². The van der Waals surface area contributed by atoms with Crippen LogP contribution >= 0.6 is 0 Å². The van der Waals surface area contributed by atoms with Crippen molar-refractivity contribution in [1.82, 2.24) is 15.0 Å². The lowest BCUT2D eigenvalue weighted by molar-refractivity contribution is 0.795. The minimum atomic E-state index is 0.250. The molecular weight excluding hydrogens is 524 g/mol. The lowest BCUT2D eigenvalue weighted by Gasteiger charge is -2.18. The van der Waals surface area contributed by atoms with Gasteiger partial charge < -0.3 is 0 Å². The number of nitrogens with zero attached hydrogens (tertiary/aromatic N) is 4. The summed E-state index contributed by atoms with van der Waals surface area (Å²) in [5.41, 5.74) is 12.7. The zero-order chi connectivity index (χ0) is 28.6. The fraction of sp³-hybridized carbons (Fsp3) is 0.0769. The smallest absolute Gasteiger partial charge is 0.0893 e. The maximum absolute atomic E-state index is 5.21. The standard InChI is InChI=1S/C39H28N4/c1-2-4-12-33-30(10-3-1)37-38(42-34-13-6-5-11-31(34)39(37)43-33)29-23-19-27(20-24-29)26-17-21-28(22-18-26)32-15-9-16-36(41-32)35-14-7-8-25-40-35/h1-2,4-9,11-25,30H,3,10H2. The summed E-state index contributed by atoms with van der Waals surface area (Å²) in [5, 5.41) is 1.12. The van der Waals surface area contributed by atoms with E-state index < -0.39 is 0 Å². The van der Waals surface area contributed by atoms with Crippen LogP contribution in [0.1, 0.15) is 24.3 Å². The van der Waals surface area contributed by atoms with Crippen LogP contribution < -0.4 is 0 Å². The number of allylic oxidation sites excluding steroid dienone is 4. The van der Waals surface area contributed by atoms with Crippen LogP contribution in [0.2, 0.25) is 0 Å². The van der Waals surface area contributed by atoms with Crippen LogP contribution in [0.4, 0.5) is 5.69 Å². The van der Waals surface area contributed by atoms with E-state index in [1.54, 1.807) is 6.20 Å². The number of hydrogen-bond acceptors (Lipinski definition) is 4. The fourth-order valence-electron chi connectivity index (χ4n) is 6.18. The molecule has 0 spiro atoms. The van der Waals surface area contributed by atoms with Crippen LogP contribution in [0, 0.1) is 0 Å². The second-order valence-electron chi connectivity index (χ2n) is 11.0. The van der Waals surface area contributed by atoms with Crippen LogP contribution in [0.3, 0.4) is 0 Å². The number of fused-ring (bicyclic) bond motifs is 5. The molecule has 4 heteroatoms. The molecule has 1 atom stereocenters. The maximum Gasteiger partial charge on any atom is 0.0893 e. The number of rotatable bonds is 4. The van der Waals surface area contributed by atoms with Crippen LogP contribution in [-0.4, -0.2) is 20.7 Å². The lowest BCUT2D eigenvalue weighted by Crippen LogP contribution is -2.08. The highest BCUT2D eigenvalue weighted by atomic mass is 14.8. The second kappa shape index (κ2) is 10.7. The molecule has 1 aliphatic heterocycles. The third-order valence-corrected chi connectivity index (χ3v) is 8.33. The predicted octanol–water partition coefficient (Wildman–Crippen LogP) is 9.77. The van der Waals surface area contributed by atoms with E-state index in [0.717, 1.165) is 74.6 Å². The molecule has 0 N–H and O–H groups in total. The van der Waals surface area contributed by atoms with E-state index in [-0.39, 0.29) is 5.92 Å². The van der Waals surface area contributed by atoms with Crippen molar-refractivity contribution in [2.24, 2.45) is 4.99 Å². The minimum absolute atomic E-state index is 0.250. The van der Waals surface area contributed by atoms with Gasteiger partial charge in [-0.2, -0.15) is 0 Å². The zero-order valence-electron chi connectivity index (χ0n) is 23.6. The van der Waals surface area contributed by atoms with Gasteiger partial charge in [0.15, 0.2) is 0 Å². The highest BCUT2D eigenvalue weighted by Gasteiger charge is 2.31. The first-order valence-electron chi connectivity index (χ1n) is 14.8. The Morgan fingerprint density at radius 3 is 2.12 bits per heavy atom. The molecule has 0 fully saturated rings. The summed E-state index contributed by atoms with van der Waals surface area (Å²) in [7, 11) is 0. The Bertz CT molecular complexity index is 2050. The van der Waals surface area contributed by atoms with E-state index in [9.17, 15) is 0 Å². The summed E-state index contributed by atoms with van der Waals surface area (Å²) in [6, 6.07) is 37.8. The first-order valence-corrected chi connectivity index (χ1v) is 14.8. The summed E-state index contributed by atoms with van der Waals surface area (Å²) < 4.78 is 0. The molecule has 0 saturated carbocycles. The highest BCUT2D eigenvalue weighted by Crippen LogP contribution is 2.47. The first kappa shape index (κ1) is 25.2. The third kappa shape index (κ3) is 4.67. The Morgan fingerprint density at radius 2 is 1.30 bits per heavy atom. The molecule has 0 saturated heterocycles. The first-order chi connectivity index (χ1) is 21.3. The van der Waals surface area contributed by atoms with Crippen molar-refractivity contribution in [1.29, 1.82) is 0 Å². The van der Waals surface area contributed by atoms with Crippen LogP contribution in [0.15, 0.2) is 145 Å². The van der Waals surface area contributed by atoms with Crippen LogP contribution in [0.5, 0.6) is 0 Å². The highest BCUT2D eigenvalue weighted by molar-refractivity contribution is 6.12. The summed E-state index contributed by atoms with van der Waals surface area (Å²) in [6.07, 6.45) is 12.5. The van der Waals surface area contributed by atoms with Gasteiger partial charge in [-0.1, -0.05) is 97.1 Å². The molecule has 8 rings (SSSR count). The van der Waals surface area contributed by atoms with Crippen molar-refractivity contribution in [2.45, 2.75) is 18.8 Å². The van der Waals surface area contributed by atoms with Gasteiger partial charge in [0.05, 0.1) is 34.0 Å². The Hall–Kier alpha value is -5.48. The second-order valence-corrected chi connectivity index (χ2v) is 11.0. The van der Waals surface area contributed by atoms with Crippen LogP contribution in [0.25, 0.3) is 55.9 Å². The van der Waals surface area contributed by atoms with Gasteiger partial charge in [-0.05, 0) is 60.4 Å². The minimum Gasteiger partial charge on any atom is -0.255 e. The molecular formula is C39H28N4. The molecule has 4 nitrogen and oxygen atoms in total. The third-order valence-electron chi connectivity index (χ3n) is 8.33. The Labute approximate surface area is 250 Å². The predicted molar refractivity (Wildman–Crippen MR) is 176 cm³/mol. The molecule has 6 aromatic rings. The maximum atomic E-state index is 5.21.